The zero-order valence-corrected chi connectivity index (χ0v) is 15.9. The Kier molecular flexibility index (Phi) is 7.16. The smallest absolute Gasteiger partial charge is 0.259 e. The van der Waals surface area contributed by atoms with Gasteiger partial charge in [0.2, 0.25) is 0 Å². The number of hydrogen-bond acceptors (Lipinski definition) is 5. The first-order chi connectivity index (χ1) is 12.5. The second-order valence-electron chi connectivity index (χ2n) is 5.10. The van der Waals surface area contributed by atoms with E-state index in [1.165, 1.54) is 20.4 Å². The van der Waals surface area contributed by atoms with E-state index in [-0.39, 0.29) is 6.54 Å². The number of ether oxygens (including phenoxy) is 2. The molecule has 0 atom stereocenters. The van der Waals surface area contributed by atoms with Gasteiger partial charge >= 0.3 is 0 Å². The maximum absolute atomic E-state index is 12.2. The zero-order valence-electron chi connectivity index (χ0n) is 14.3. The Balaban J connectivity index is 1.88. The second-order valence-corrected chi connectivity index (χ2v) is 6.01. The van der Waals surface area contributed by atoms with Gasteiger partial charge in [0.1, 0.15) is 11.5 Å². The van der Waals surface area contributed by atoms with E-state index < -0.39 is 11.8 Å². The number of carbonyl (C=O) groups excluding carboxylic acids is 2. The molecule has 0 unspecified atom stereocenters. The SMILES string of the molecule is COc1ccc(C(=O)NCC(=O)N/N=C/c2cccc(Br)c2)c(OC)c1. The number of nitrogens with zero attached hydrogens (tertiary/aromatic N) is 1. The van der Waals surface area contributed by atoms with Crippen LogP contribution < -0.4 is 20.2 Å². The Morgan fingerprint density at radius 1 is 1.15 bits per heavy atom. The van der Waals surface area contributed by atoms with Gasteiger partial charge in [-0.15, -0.1) is 0 Å². The van der Waals surface area contributed by atoms with Gasteiger partial charge in [0.05, 0.1) is 32.5 Å². The molecule has 2 aromatic carbocycles. The van der Waals surface area contributed by atoms with Crippen LogP contribution in [0, 0.1) is 0 Å². The lowest BCUT2D eigenvalue weighted by Crippen LogP contribution is -2.35. The largest absolute Gasteiger partial charge is 0.497 e. The number of hydrazone groups is 1. The topological polar surface area (TPSA) is 89.0 Å². The highest BCUT2D eigenvalue weighted by molar-refractivity contribution is 9.10. The van der Waals surface area contributed by atoms with E-state index in [0.29, 0.717) is 17.1 Å². The third-order valence-corrected chi connectivity index (χ3v) is 3.81. The molecule has 0 bridgehead atoms. The number of methoxy groups -OCH3 is 2. The standard InChI is InChI=1S/C18H18BrN3O4/c1-25-14-6-7-15(16(9-14)26-2)18(24)20-11-17(23)22-21-10-12-4-3-5-13(19)8-12/h3-10H,11H2,1-2H3,(H,20,24)(H,22,23)/b21-10+. The fourth-order valence-electron chi connectivity index (χ4n) is 2.05. The summed E-state index contributed by atoms with van der Waals surface area (Å²) in [5, 5.41) is 6.37. The number of nitrogens with one attached hydrogen (secondary N) is 2. The van der Waals surface area contributed by atoms with Crippen LogP contribution in [-0.4, -0.2) is 38.8 Å². The van der Waals surface area contributed by atoms with Gasteiger partial charge in [0.25, 0.3) is 11.8 Å². The summed E-state index contributed by atoms with van der Waals surface area (Å²) < 4.78 is 11.2. The van der Waals surface area contributed by atoms with Gasteiger partial charge in [-0.3, -0.25) is 9.59 Å². The minimum absolute atomic E-state index is 0.218. The lowest BCUT2D eigenvalue weighted by atomic mass is 10.1. The molecule has 7 nitrogen and oxygen atoms in total. The summed E-state index contributed by atoms with van der Waals surface area (Å²) in [7, 11) is 2.97. The van der Waals surface area contributed by atoms with Gasteiger partial charge in [-0.1, -0.05) is 28.1 Å². The van der Waals surface area contributed by atoms with Crippen molar-refractivity contribution in [3.63, 3.8) is 0 Å². The van der Waals surface area contributed by atoms with Crippen LogP contribution in [0.15, 0.2) is 52.0 Å². The molecule has 0 saturated heterocycles. The average Bonchev–Trinajstić information content (AvgIpc) is 2.65. The maximum atomic E-state index is 12.2. The van der Waals surface area contributed by atoms with Crippen LogP contribution in [0.25, 0.3) is 0 Å². The fourth-order valence-corrected chi connectivity index (χ4v) is 2.46. The van der Waals surface area contributed by atoms with E-state index in [4.69, 9.17) is 9.47 Å². The van der Waals surface area contributed by atoms with E-state index in [1.54, 1.807) is 18.2 Å². The van der Waals surface area contributed by atoms with E-state index in [2.05, 4.69) is 31.8 Å². The predicted octanol–water partition coefficient (Wildman–Crippen LogP) is 2.35. The molecule has 0 aliphatic heterocycles. The fraction of sp³-hybridized carbons (Fsp3) is 0.167. The van der Waals surface area contributed by atoms with Crippen molar-refractivity contribution >= 4 is 34.0 Å². The monoisotopic (exact) mass is 419 g/mol. The highest BCUT2D eigenvalue weighted by Gasteiger charge is 2.14. The summed E-state index contributed by atoms with van der Waals surface area (Å²) in [4.78, 5) is 24.0. The predicted molar refractivity (Wildman–Crippen MR) is 102 cm³/mol. The number of hydrogen-bond donors (Lipinski definition) is 2. The zero-order chi connectivity index (χ0) is 18.9. The van der Waals surface area contributed by atoms with E-state index >= 15 is 0 Å². The minimum atomic E-state index is -0.447. The summed E-state index contributed by atoms with van der Waals surface area (Å²) >= 11 is 3.35. The normalized spacial score (nSPS) is 10.4. The van der Waals surface area contributed by atoms with E-state index in [0.717, 1.165) is 10.0 Å². The molecular weight excluding hydrogens is 402 g/mol. The molecule has 2 rings (SSSR count). The number of rotatable bonds is 7. The number of benzene rings is 2. The lowest BCUT2D eigenvalue weighted by Gasteiger charge is -2.10. The number of carbonyl (C=O) groups is 2. The Hall–Kier alpha value is -2.87. The Morgan fingerprint density at radius 2 is 1.96 bits per heavy atom. The van der Waals surface area contributed by atoms with Crippen LogP contribution in [0.1, 0.15) is 15.9 Å². The molecule has 0 aliphatic carbocycles. The van der Waals surface area contributed by atoms with Crippen molar-refractivity contribution in [3.8, 4) is 11.5 Å². The van der Waals surface area contributed by atoms with E-state index in [1.807, 2.05) is 24.3 Å². The average molecular weight is 420 g/mol. The van der Waals surface area contributed by atoms with Gasteiger partial charge in [0, 0.05) is 10.5 Å². The van der Waals surface area contributed by atoms with E-state index in [9.17, 15) is 9.59 Å². The summed E-state index contributed by atoms with van der Waals surface area (Å²) in [6.45, 7) is -0.218. The summed E-state index contributed by atoms with van der Waals surface area (Å²) in [5.74, 6) is 0.0423. The van der Waals surface area contributed by atoms with Crippen LogP contribution in [-0.2, 0) is 4.79 Å². The molecule has 26 heavy (non-hydrogen) atoms. The Labute approximate surface area is 159 Å². The van der Waals surface area contributed by atoms with Crippen molar-refractivity contribution in [2.45, 2.75) is 0 Å². The Bertz CT molecular complexity index is 824. The molecule has 0 saturated carbocycles. The third-order valence-electron chi connectivity index (χ3n) is 3.31. The molecule has 0 radical (unpaired) electrons. The van der Waals surface area contributed by atoms with Crippen molar-refractivity contribution in [1.82, 2.24) is 10.7 Å². The van der Waals surface area contributed by atoms with Crippen molar-refractivity contribution in [3.05, 3.63) is 58.1 Å². The second kappa shape index (κ2) is 9.57. The van der Waals surface area contributed by atoms with Crippen molar-refractivity contribution in [1.29, 1.82) is 0 Å². The third kappa shape index (κ3) is 5.59. The van der Waals surface area contributed by atoms with Crippen LogP contribution in [0.5, 0.6) is 11.5 Å². The molecule has 0 heterocycles. The van der Waals surface area contributed by atoms with Crippen LogP contribution >= 0.6 is 15.9 Å². The quantitative estimate of drug-likeness (QED) is 0.532. The molecule has 0 fully saturated rings. The molecule has 0 aromatic heterocycles. The number of halogens is 1. The first kappa shape index (κ1) is 19.5. The minimum Gasteiger partial charge on any atom is -0.497 e. The van der Waals surface area contributed by atoms with Crippen LogP contribution in [0.3, 0.4) is 0 Å². The maximum Gasteiger partial charge on any atom is 0.259 e. The van der Waals surface area contributed by atoms with Gasteiger partial charge in [-0.2, -0.15) is 5.10 Å². The van der Waals surface area contributed by atoms with Gasteiger partial charge in [-0.05, 0) is 29.8 Å². The molecular formula is C18H18BrN3O4. The van der Waals surface area contributed by atoms with Crippen LogP contribution in [0.2, 0.25) is 0 Å². The first-order valence-corrected chi connectivity index (χ1v) is 8.40. The Morgan fingerprint density at radius 3 is 2.65 bits per heavy atom. The van der Waals surface area contributed by atoms with Gasteiger partial charge < -0.3 is 14.8 Å². The highest BCUT2D eigenvalue weighted by atomic mass is 79.9. The molecule has 8 heteroatoms. The van der Waals surface area contributed by atoms with Crippen molar-refractivity contribution < 1.29 is 19.1 Å². The molecule has 2 aromatic rings. The lowest BCUT2D eigenvalue weighted by molar-refractivity contribution is -0.120. The first-order valence-electron chi connectivity index (χ1n) is 7.61. The van der Waals surface area contributed by atoms with Gasteiger partial charge in [0.15, 0.2) is 0 Å². The summed E-state index contributed by atoms with van der Waals surface area (Å²) in [6.07, 6.45) is 1.51. The van der Waals surface area contributed by atoms with Crippen molar-refractivity contribution in [2.24, 2.45) is 5.10 Å². The van der Waals surface area contributed by atoms with Crippen LogP contribution in [0.4, 0.5) is 0 Å². The molecule has 0 aliphatic rings. The number of amides is 2. The molecule has 2 amide bonds. The van der Waals surface area contributed by atoms with Crippen molar-refractivity contribution in [2.75, 3.05) is 20.8 Å². The summed E-state index contributed by atoms with van der Waals surface area (Å²) in [6, 6.07) is 12.2. The molecule has 136 valence electrons. The summed E-state index contributed by atoms with van der Waals surface area (Å²) in [5.41, 5.74) is 3.48. The molecule has 0 spiro atoms. The highest BCUT2D eigenvalue weighted by Crippen LogP contribution is 2.24. The molecule has 2 N–H and O–H groups in total. The van der Waals surface area contributed by atoms with Gasteiger partial charge in [-0.25, -0.2) is 5.43 Å².